The molecule has 1 saturated heterocycles. The zero-order chi connectivity index (χ0) is 20.9. The van der Waals surface area contributed by atoms with Crippen LogP contribution in [0.15, 0.2) is 60.7 Å². The van der Waals surface area contributed by atoms with Gasteiger partial charge in [0.1, 0.15) is 5.82 Å². The van der Waals surface area contributed by atoms with Gasteiger partial charge in [-0.25, -0.2) is 4.39 Å². The number of aromatic nitrogens is 2. The molecule has 2 aromatic carbocycles. The molecule has 5 nitrogen and oxygen atoms in total. The first-order chi connectivity index (χ1) is 14.6. The highest BCUT2D eigenvalue weighted by atomic mass is 19.1. The van der Waals surface area contributed by atoms with Gasteiger partial charge in [-0.1, -0.05) is 36.4 Å². The maximum Gasteiger partial charge on any atom is 0.276 e. The third-order valence-corrected chi connectivity index (χ3v) is 5.62. The van der Waals surface area contributed by atoms with Crippen LogP contribution < -0.4 is 10.2 Å². The molecular weight excluding hydrogens is 379 g/mol. The minimum absolute atomic E-state index is 0.207. The highest BCUT2D eigenvalue weighted by molar-refractivity contribution is 6.02. The van der Waals surface area contributed by atoms with Crippen molar-refractivity contribution >= 4 is 17.4 Å². The van der Waals surface area contributed by atoms with Crippen LogP contribution in [0.1, 0.15) is 34.5 Å². The van der Waals surface area contributed by atoms with Crippen LogP contribution in [0.5, 0.6) is 0 Å². The first-order valence-corrected chi connectivity index (χ1v) is 10.3. The smallest absolute Gasteiger partial charge is 0.276 e. The van der Waals surface area contributed by atoms with Crippen molar-refractivity contribution in [2.45, 2.75) is 26.2 Å². The number of amides is 1. The normalized spacial score (nSPS) is 14.5. The van der Waals surface area contributed by atoms with Crippen molar-refractivity contribution in [2.75, 3.05) is 23.3 Å². The number of benzene rings is 2. The second-order valence-electron chi connectivity index (χ2n) is 7.82. The Morgan fingerprint density at radius 3 is 2.50 bits per heavy atom. The standard InChI is InChI=1S/C24H25FN4O/c1-17-7-8-20(16-21(17)25)26-24(30)22-9-10-23(28-27-22)29-13-11-19(12-14-29)15-18-5-3-2-4-6-18/h2-10,16,19H,11-15H2,1H3,(H,26,30). The Labute approximate surface area is 176 Å². The number of halogens is 1. The van der Waals surface area contributed by atoms with Crippen molar-refractivity contribution in [1.29, 1.82) is 0 Å². The molecule has 0 aliphatic carbocycles. The summed E-state index contributed by atoms with van der Waals surface area (Å²) in [5.74, 6) is 0.700. The molecule has 1 amide bonds. The van der Waals surface area contributed by atoms with E-state index in [4.69, 9.17) is 0 Å². The van der Waals surface area contributed by atoms with E-state index >= 15 is 0 Å². The van der Waals surface area contributed by atoms with Gasteiger partial charge in [0.15, 0.2) is 11.5 Å². The Morgan fingerprint density at radius 1 is 1.07 bits per heavy atom. The van der Waals surface area contributed by atoms with Crippen LogP contribution >= 0.6 is 0 Å². The summed E-state index contributed by atoms with van der Waals surface area (Å²) in [4.78, 5) is 14.6. The fraction of sp³-hybridized carbons (Fsp3) is 0.292. The lowest BCUT2D eigenvalue weighted by atomic mass is 9.90. The van der Waals surface area contributed by atoms with E-state index in [9.17, 15) is 9.18 Å². The second-order valence-corrected chi connectivity index (χ2v) is 7.82. The van der Waals surface area contributed by atoms with Gasteiger partial charge in [0.25, 0.3) is 5.91 Å². The summed E-state index contributed by atoms with van der Waals surface area (Å²) >= 11 is 0. The highest BCUT2D eigenvalue weighted by Gasteiger charge is 2.21. The van der Waals surface area contributed by atoms with Crippen LogP contribution in [-0.2, 0) is 6.42 Å². The minimum Gasteiger partial charge on any atom is -0.355 e. The minimum atomic E-state index is -0.404. The molecule has 0 unspecified atom stereocenters. The van der Waals surface area contributed by atoms with Gasteiger partial charge in [-0.05, 0) is 67.5 Å². The predicted molar refractivity (Wildman–Crippen MR) is 116 cm³/mol. The van der Waals surface area contributed by atoms with Gasteiger partial charge in [-0.15, -0.1) is 10.2 Å². The molecule has 6 heteroatoms. The maximum atomic E-state index is 13.7. The summed E-state index contributed by atoms with van der Waals surface area (Å²) in [7, 11) is 0. The lowest BCUT2D eigenvalue weighted by Crippen LogP contribution is -2.35. The van der Waals surface area contributed by atoms with Crippen LogP contribution in [0.4, 0.5) is 15.9 Å². The first kappa shape index (κ1) is 20.0. The molecule has 0 saturated carbocycles. The SMILES string of the molecule is Cc1ccc(NC(=O)c2ccc(N3CCC(Cc4ccccc4)CC3)nn2)cc1F. The average molecular weight is 404 g/mol. The molecule has 30 heavy (non-hydrogen) atoms. The molecule has 0 bridgehead atoms. The molecule has 1 N–H and O–H groups in total. The fourth-order valence-electron chi connectivity index (χ4n) is 3.79. The van der Waals surface area contributed by atoms with E-state index in [1.165, 1.54) is 11.6 Å². The number of piperidine rings is 1. The van der Waals surface area contributed by atoms with Crippen LogP contribution in [0, 0.1) is 18.7 Å². The van der Waals surface area contributed by atoms with E-state index in [2.05, 4.69) is 44.7 Å². The summed E-state index contributed by atoms with van der Waals surface area (Å²) in [6.07, 6.45) is 3.33. The molecule has 1 fully saturated rings. The third-order valence-electron chi connectivity index (χ3n) is 5.62. The number of aryl methyl sites for hydroxylation is 1. The third kappa shape index (κ3) is 4.82. The van der Waals surface area contributed by atoms with Crippen LogP contribution in [0.2, 0.25) is 0 Å². The predicted octanol–water partition coefficient (Wildman–Crippen LogP) is 4.64. The van der Waals surface area contributed by atoms with Crippen molar-refractivity contribution < 1.29 is 9.18 Å². The van der Waals surface area contributed by atoms with E-state index in [0.717, 1.165) is 38.2 Å². The van der Waals surface area contributed by atoms with Crippen molar-refractivity contribution in [3.8, 4) is 0 Å². The number of hydrogen-bond donors (Lipinski definition) is 1. The highest BCUT2D eigenvalue weighted by Crippen LogP contribution is 2.24. The van der Waals surface area contributed by atoms with Crippen molar-refractivity contribution in [3.05, 3.63) is 83.3 Å². The van der Waals surface area contributed by atoms with E-state index < -0.39 is 5.91 Å². The Balaban J connectivity index is 1.32. The molecule has 0 radical (unpaired) electrons. The number of carbonyl (C=O) groups is 1. The zero-order valence-electron chi connectivity index (χ0n) is 17.0. The van der Waals surface area contributed by atoms with E-state index in [1.54, 1.807) is 25.1 Å². The molecule has 3 aromatic rings. The summed E-state index contributed by atoms with van der Waals surface area (Å²) in [6.45, 7) is 3.54. The molecule has 0 atom stereocenters. The van der Waals surface area contributed by atoms with E-state index in [1.807, 2.05) is 12.1 Å². The maximum absolute atomic E-state index is 13.7. The van der Waals surface area contributed by atoms with Gasteiger partial charge in [0.2, 0.25) is 0 Å². The number of anilines is 2. The van der Waals surface area contributed by atoms with E-state index in [-0.39, 0.29) is 11.5 Å². The van der Waals surface area contributed by atoms with Gasteiger partial charge in [-0.2, -0.15) is 0 Å². The molecule has 4 rings (SSSR count). The molecule has 154 valence electrons. The summed E-state index contributed by atoms with van der Waals surface area (Å²) in [5.41, 5.74) is 2.53. The zero-order valence-corrected chi connectivity index (χ0v) is 17.0. The second kappa shape index (κ2) is 9.03. The van der Waals surface area contributed by atoms with Crippen LogP contribution in [-0.4, -0.2) is 29.2 Å². The van der Waals surface area contributed by atoms with Crippen molar-refractivity contribution in [1.82, 2.24) is 10.2 Å². The van der Waals surface area contributed by atoms with Crippen LogP contribution in [0.3, 0.4) is 0 Å². The monoisotopic (exact) mass is 404 g/mol. The largest absolute Gasteiger partial charge is 0.355 e. The van der Waals surface area contributed by atoms with Gasteiger partial charge in [0.05, 0.1) is 0 Å². The molecule has 2 heterocycles. The fourth-order valence-corrected chi connectivity index (χ4v) is 3.79. The Bertz CT molecular complexity index is 999. The number of nitrogens with zero attached hydrogens (tertiary/aromatic N) is 3. The summed E-state index contributed by atoms with van der Waals surface area (Å²) in [6, 6.07) is 18.7. The number of nitrogens with one attached hydrogen (secondary N) is 1. The van der Waals surface area contributed by atoms with Crippen LogP contribution in [0.25, 0.3) is 0 Å². The Morgan fingerprint density at radius 2 is 1.83 bits per heavy atom. The lowest BCUT2D eigenvalue weighted by Gasteiger charge is -2.32. The Hall–Kier alpha value is -3.28. The molecule has 1 aliphatic rings. The molecular formula is C24H25FN4O. The number of hydrogen-bond acceptors (Lipinski definition) is 4. The van der Waals surface area contributed by atoms with Gasteiger partial charge in [-0.3, -0.25) is 4.79 Å². The molecule has 0 spiro atoms. The average Bonchev–Trinajstić information content (AvgIpc) is 2.78. The summed E-state index contributed by atoms with van der Waals surface area (Å²) in [5, 5.41) is 11.0. The summed E-state index contributed by atoms with van der Waals surface area (Å²) < 4.78 is 13.7. The quantitative estimate of drug-likeness (QED) is 0.673. The van der Waals surface area contributed by atoms with Gasteiger partial charge in [0, 0.05) is 18.8 Å². The number of rotatable bonds is 5. The van der Waals surface area contributed by atoms with Crippen molar-refractivity contribution in [3.63, 3.8) is 0 Å². The molecule has 1 aliphatic heterocycles. The Kier molecular flexibility index (Phi) is 6.02. The topological polar surface area (TPSA) is 58.1 Å². The van der Waals surface area contributed by atoms with Gasteiger partial charge < -0.3 is 10.2 Å². The molecule has 1 aromatic heterocycles. The first-order valence-electron chi connectivity index (χ1n) is 10.3. The lowest BCUT2D eigenvalue weighted by molar-refractivity contribution is 0.102. The van der Waals surface area contributed by atoms with E-state index in [0.29, 0.717) is 17.2 Å². The number of carbonyl (C=O) groups excluding carboxylic acids is 1. The van der Waals surface area contributed by atoms with Gasteiger partial charge >= 0.3 is 0 Å². The van der Waals surface area contributed by atoms with Crippen molar-refractivity contribution in [2.24, 2.45) is 5.92 Å².